The van der Waals surface area contributed by atoms with Gasteiger partial charge in [-0.3, -0.25) is 19.4 Å². The predicted molar refractivity (Wildman–Crippen MR) is 179 cm³/mol. The number of pyridine rings is 1. The van der Waals surface area contributed by atoms with Crippen molar-refractivity contribution >= 4 is 52.2 Å². The van der Waals surface area contributed by atoms with Gasteiger partial charge >= 0.3 is 0 Å². The highest BCUT2D eigenvalue weighted by molar-refractivity contribution is 6.07. The minimum absolute atomic E-state index is 0.202. The molecule has 3 amide bonds. The Morgan fingerprint density at radius 1 is 0.778 bits per heavy atom. The van der Waals surface area contributed by atoms with Crippen molar-refractivity contribution in [2.24, 2.45) is 14.1 Å². The zero-order chi connectivity index (χ0) is 31.9. The summed E-state index contributed by atoms with van der Waals surface area (Å²) in [7, 11) is 7.46. The quantitative estimate of drug-likeness (QED) is 0.178. The summed E-state index contributed by atoms with van der Waals surface area (Å²) in [6.45, 7) is 1.44. The first kappa shape index (κ1) is 31.0. The molecule has 3 heterocycles. The van der Waals surface area contributed by atoms with Crippen molar-refractivity contribution in [3.63, 3.8) is 0 Å². The van der Waals surface area contributed by atoms with Crippen LogP contribution in [0.25, 0.3) is 23.1 Å². The van der Waals surface area contributed by atoms with E-state index in [1.165, 1.54) is 0 Å². The number of hydrogen-bond acceptors (Lipinski definition) is 5. The van der Waals surface area contributed by atoms with Crippen molar-refractivity contribution < 1.29 is 14.4 Å². The zero-order valence-electron chi connectivity index (χ0n) is 25.9. The van der Waals surface area contributed by atoms with Crippen LogP contribution in [0.1, 0.15) is 48.9 Å². The van der Waals surface area contributed by atoms with Crippen LogP contribution >= 0.6 is 0 Å². The third-order valence-corrected chi connectivity index (χ3v) is 7.31. The fraction of sp³-hybridized carbons (Fsp3) is 0.200. The number of aromatic nitrogens is 3. The lowest BCUT2D eigenvalue weighted by Crippen LogP contribution is -2.28. The molecule has 0 radical (unpaired) electrons. The van der Waals surface area contributed by atoms with E-state index in [1.54, 1.807) is 59.9 Å². The molecule has 0 aliphatic rings. The number of anilines is 2. The van der Waals surface area contributed by atoms with Crippen molar-refractivity contribution in [3.05, 3.63) is 113 Å². The van der Waals surface area contributed by atoms with Crippen molar-refractivity contribution in [2.75, 3.05) is 37.8 Å². The number of rotatable bonds is 11. The Bertz CT molecular complexity index is 1870. The predicted octanol–water partition coefficient (Wildman–Crippen LogP) is 5.27. The SMILES string of the molecule is CN(C)CCCNC(=O)c1cc(NC(=O)c2cc(NC(=O)c3ccc(/C=C/c4cnc5ccccc5c4)cc3)cn2C)cn1C. The standard InChI is InChI=1S/C35H37N7O3/c1-40(2)17-7-16-36-34(44)31-19-29(23-41(31)3)39-35(45)32-20-28(22-42(32)4)38-33(43)26-14-12-24(13-15-26)10-11-25-18-27-8-5-6-9-30(27)37-21-25/h5-6,8-15,18-23H,7,16-17H2,1-4H3,(H,36,44)(H,38,43)(H,39,45)/b11-10+. The van der Waals surface area contributed by atoms with Gasteiger partial charge in [-0.15, -0.1) is 0 Å². The summed E-state index contributed by atoms with van der Waals surface area (Å²) in [5, 5.41) is 9.70. The number of nitrogens with zero attached hydrogens (tertiary/aromatic N) is 4. The van der Waals surface area contributed by atoms with E-state index < -0.39 is 0 Å². The number of hydrogen-bond donors (Lipinski definition) is 3. The molecule has 0 spiro atoms. The van der Waals surface area contributed by atoms with Gasteiger partial charge in [0.05, 0.1) is 16.9 Å². The molecule has 0 saturated heterocycles. The fourth-order valence-corrected chi connectivity index (χ4v) is 4.92. The normalized spacial score (nSPS) is 11.3. The number of carbonyl (C=O) groups excluding carboxylic acids is 3. The van der Waals surface area contributed by atoms with E-state index in [4.69, 9.17) is 0 Å². The summed E-state index contributed by atoms with van der Waals surface area (Å²) in [4.78, 5) is 45.2. The maximum Gasteiger partial charge on any atom is 0.272 e. The molecule has 5 rings (SSSR count). The lowest BCUT2D eigenvalue weighted by Gasteiger charge is -2.10. The number of nitrogens with one attached hydrogen (secondary N) is 3. The van der Waals surface area contributed by atoms with Gasteiger partial charge < -0.3 is 30.0 Å². The molecule has 0 bridgehead atoms. The van der Waals surface area contributed by atoms with Gasteiger partial charge in [0.15, 0.2) is 0 Å². The molecule has 0 aliphatic heterocycles. The summed E-state index contributed by atoms with van der Waals surface area (Å²) in [5.74, 6) is -0.850. The topological polar surface area (TPSA) is 113 Å². The maximum absolute atomic E-state index is 13.1. The molecule has 2 aromatic carbocycles. The lowest BCUT2D eigenvalue weighted by molar-refractivity contribution is 0.0942. The van der Waals surface area contributed by atoms with Crippen molar-refractivity contribution in [1.82, 2.24) is 24.3 Å². The Labute approximate surface area is 262 Å². The average molecular weight is 604 g/mol. The van der Waals surface area contributed by atoms with Gasteiger partial charge in [0.25, 0.3) is 17.7 Å². The van der Waals surface area contributed by atoms with E-state index in [0.717, 1.165) is 35.0 Å². The first-order valence-corrected chi connectivity index (χ1v) is 14.7. The van der Waals surface area contributed by atoms with Crippen LogP contribution in [0.4, 0.5) is 11.4 Å². The van der Waals surface area contributed by atoms with Crippen molar-refractivity contribution in [2.45, 2.75) is 6.42 Å². The largest absolute Gasteiger partial charge is 0.351 e. The fourth-order valence-electron chi connectivity index (χ4n) is 4.92. The molecule has 3 N–H and O–H groups in total. The van der Waals surface area contributed by atoms with Gasteiger partial charge in [0.1, 0.15) is 11.4 Å². The number of para-hydroxylation sites is 1. The monoisotopic (exact) mass is 603 g/mol. The van der Waals surface area contributed by atoms with E-state index in [9.17, 15) is 14.4 Å². The van der Waals surface area contributed by atoms with Gasteiger partial charge in [-0.05, 0) is 74.6 Å². The molecule has 10 heteroatoms. The Morgan fingerprint density at radius 3 is 2.09 bits per heavy atom. The highest BCUT2D eigenvalue weighted by Crippen LogP contribution is 2.19. The van der Waals surface area contributed by atoms with Crippen LogP contribution in [-0.2, 0) is 14.1 Å². The minimum Gasteiger partial charge on any atom is -0.351 e. The van der Waals surface area contributed by atoms with E-state index in [2.05, 4.69) is 31.9 Å². The van der Waals surface area contributed by atoms with Crippen LogP contribution in [0.15, 0.2) is 85.3 Å². The van der Waals surface area contributed by atoms with E-state index >= 15 is 0 Å². The first-order valence-electron chi connectivity index (χ1n) is 14.7. The van der Waals surface area contributed by atoms with Crippen LogP contribution < -0.4 is 16.0 Å². The van der Waals surface area contributed by atoms with Gasteiger partial charge in [0, 0.05) is 50.2 Å². The molecule has 0 atom stereocenters. The second-order valence-electron chi connectivity index (χ2n) is 11.2. The number of amides is 3. The Morgan fingerprint density at radius 2 is 1.40 bits per heavy atom. The second-order valence-corrected chi connectivity index (χ2v) is 11.2. The van der Waals surface area contributed by atoms with Crippen LogP contribution in [0, 0.1) is 0 Å². The molecule has 45 heavy (non-hydrogen) atoms. The molecular weight excluding hydrogens is 566 g/mol. The molecule has 10 nitrogen and oxygen atoms in total. The molecule has 0 unspecified atom stereocenters. The van der Waals surface area contributed by atoms with E-state index in [0.29, 0.717) is 34.9 Å². The third-order valence-electron chi connectivity index (χ3n) is 7.31. The lowest BCUT2D eigenvalue weighted by atomic mass is 10.1. The zero-order valence-corrected chi connectivity index (χ0v) is 25.9. The van der Waals surface area contributed by atoms with Crippen LogP contribution in [0.3, 0.4) is 0 Å². The number of aryl methyl sites for hydroxylation is 2. The summed E-state index contributed by atoms with van der Waals surface area (Å²) in [6, 6.07) is 20.6. The Kier molecular flexibility index (Phi) is 9.54. The molecular formula is C35H37N7O3. The van der Waals surface area contributed by atoms with Gasteiger partial charge in [0.2, 0.25) is 0 Å². The Hall–Kier alpha value is -5.48. The molecule has 0 aliphatic carbocycles. The number of benzene rings is 2. The highest BCUT2D eigenvalue weighted by Gasteiger charge is 2.17. The smallest absolute Gasteiger partial charge is 0.272 e. The Balaban J connectivity index is 1.17. The molecule has 0 fully saturated rings. The van der Waals surface area contributed by atoms with Gasteiger partial charge in [-0.2, -0.15) is 0 Å². The van der Waals surface area contributed by atoms with Crippen LogP contribution in [0.5, 0.6) is 0 Å². The average Bonchev–Trinajstić information content (AvgIpc) is 3.58. The maximum atomic E-state index is 13.1. The van der Waals surface area contributed by atoms with E-state index in [-0.39, 0.29) is 17.7 Å². The first-order chi connectivity index (χ1) is 21.7. The molecule has 5 aromatic rings. The third kappa shape index (κ3) is 7.92. The summed E-state index contributed by atoms with van der Waals surface area (Å²) in [5.41, 5.74) is 5.17. The minimum atomic E-state index is -0.362. The van der Waals surface area contributed by atoms with E-state index in [1.807, 2.05) is 68.8 Å². The number of fused-ring (bicyclic) bond motifs is 1. The summed E-state index contributed by atoms with van der Waals surface area (Å²) >= 11 is 0. The second kappa shape index (κ2) is 13.9. The molecule has 0 saturated carbocycles. The number of carbonyl (C=O) groups is 3. The summed E-state index contributed by atoms with van der Waals surface area (Å²) < 4.78 is 3.32. The summed E-state index contributed by atoms with van der Waals surface area (Å²) in [6.07, 6.45) is 10.0. The van der Waals surface area contributed by atoms with Crippen LogP contribution in [0.2, 0.25) is 0 Å². The van der Waals surface area contributed by atoms with Gasteiger partial charge in [-0.1, -0.05) is 42.5 Å². The molecule has 230 valence electrons. The van der Waals surface area contributed by atoms with Gasteiger partial charge in [-0.25, -0.2) is 0 Å². The highest BCUT2D eigenvalue weighted by atomic mass is 16.2. The molecule has 3 aromatic heterocycles. The van der Waals surface area contributed by atoms with Crippen molar-refractivity contribution in [3.8, 4) is 0 Å². The van der Waals surface area contributed by atoms with Crippen molar-refractivity contribution in [1.29, 1.82) is 0 Å². The van der Waals surface area contributed by atoms with Crippen LogP contribution in [-0.4, -0.2) is 63.9 Å².